The second kappa shape index (κ2) is 8.63. The van der Waals surface area contributed by atoms with Gasteiger partial charge in [-0.25, -0.2) is 0 Å². The van der Waals surface area contributed by atoms with Crippen LogP contribution >= 0.6 is 11.3 Å². The van der Waals surface area contributed by atoms with E-state index in [2.05, 4.69) is 18.3 Å². The molecule has 29 heavy (non-hydrogen) atoms. The van der Waals surface area contributed by atoms with Gasteiger partial charge in [0.1, 0.15) is 11.1 Å². The molecule has 0 spiro atoms. The second-order valence-corrected chi connectivity index (χ2v) is 8.69. The van der Waals surface area contributed by atoms with Crippen molar-refractivity contribution in [1.82, 2.24) is 0 Å². The maximum Gasteiger partial charge on any atom is 0.237 e. The fraction of sp³-hybridized carbons (Fsp3) is 0.280. The predicted octanol–water partition coefficient (Wildman–Crippen LogP) is 5.91. The number of rotatable bonds is 5. The van der Waals surface area contributed by atoms with Crippen LogP contribution in [-0.4, -0.2) is 5.91 Å². The predicted molar refractivity (Wildman–Crippen MR) is 118 cm³/mol. The Morgan fingerprint density at radius 3 is 2.31 bits per heavy atom. The number of amides is 1. The molecule has 0 saturated carbocycles. The Balaban J connectivity index is 1.67. The van der Waals surface area contributed by atoms with Gasteiger partial charge in [-0.05, 0) is 41.9 Å². The van der Waals surface area contributed by atoms with Crippen LogP contribution in [0.4, 0.5) is 5.00 Å². The molecule has 2 aromatic carbocycles. The molecule has 0 aliphatic heterocycles. The Bertz CT molecular complexity index is 994. The van der Waals surface area contributed by atoms with E-state index in [0.29, 0.717) is 16.5 Å². The molecule has 1 aliphatic carbocycles. The Labute approximate surface area is 176 Å². The number of nitrogens with one attached hydrogen (secondary N) is 1. The first-order valence-electron chi connectivity index (χ1n) is 10.2. The van der Waals surface area contributed by atoms with E-state index in [9.17, 15) is 10.1 Å². The molecule has 1 aliphatic rings. The van der Waals surface area contributed by atoms with E-state index < -0.39 is 5.92 Å². The average molecular weight is 401 g/mol. The molecule has 1 atom stereocenters. The summed E-state index contributed by atoms with van der Waals surface area (Å²) in [4.78, 5) is 14.7. The Morgan fingerprint density at radius 2 is 1.76 bits per heavy atom. The van der Waals surface area contributed by atoms with Crippen LogP contribution in [-0.2, 0) is 17.6 Å². The molecule has 146 valence electrons. The minimum absolute atomic E-state index is 0.0930. The number of nitrogens with zero attached hydrogens (tertiary/aromatic N) is 1. The highest BCUT2D eigenvalue weighted by Crippen LogP contribution is 2.40. The molecule has 4 heteroatoms. The van der Waals surface area contributed by atoms with Crippen LogP contribution in [0.2, 0.25) is 0 Å². The standard InChI is InChI=1S/C25H24N2OS/c1-2-17-13-14-20-21(16-26)25(29-22(20)15-17)27-24(28)23(18-9-5-3-6-10-18)19-11-7-4-8-12-19/h3-12,17,23H,2,13-15H2,1H3,(H,27,28)/t17-/m0/s1. The highest BCUT2D eigenvalue weighted by Gasteiger charge is 2.28. The third kappa shape index (κ3) is 3.97. The van der Waals surface area contributed by atoms with Crippen molar-refractivity contribution in [2.24, 2.45) is 5.92 Å². The molecule has 3 aromatic rings. The lowest BCUT2D eigenvalue weighted by molar-refractivity contribution is -0.116. The summed E-state index contributed by atoms with van der Waals surface area (Å²) in [5.74, 6) is 0.175. The first-order chi connectivity index (χ1) is 14.2. The van der Waals surface area contributed by atoms with E-state index >= 15 is 0 Å². The van der Waals surface area contributed by atoms with Crippen molar-refractivity contribution < 1.29 is 4.79 Å². The number of benzene rings is 2. The fourth-order valence-electron chi connectivity index (χ4n) is 4.18. The van der Waals surface area contributed by atoms with Crippen molar-refractivity contribution in [3.05, 3.63) is 87.8 Å². The minimum atomic E-state index is -0.411. The molecular weight excluding hydrogens is 376 g/mol. The van der Waals surface area contributed by atoms with Crippen LogP contribution < -0.4 is 5.32 Å². The van der Waals surface area contributed by atoms with Gasteiger partial charge in [0.2, 0.25) is 5.91 Å². The fourth-order valence-corrected chi connectivity index (χ4v) is 5.49. The number of carbonyl (C=O) groups excluding carboxylic acids is 1. The number of fused-ring (bicyclic) bond motifs is 1. The van der Waals surface area contributed by atoms with Crippen molar-refractivity contribution in [1.29, 1.82) is 5.26 Å². The van der Waals surface area contributed by atoms with Gasteiger partial charge in [0.25, 0.3) is 0 Å². The SMILES string of the molecule is CC[C@H]1CCc2c(sc(NC(=O)C(c3ccccc3)c3ccccc3)c2C#N)C1. The van der Waals surface area contributed by atoms with E-state index in [0.717, 1.165) is 42.4 Å². The summed E-state index contributed by atoms with van der Waals surface area (Å²) in [5, 5.41) is 13.6. The number of hydrogen-bond donors (Lipinski definition) is 1. The Kier molecular flexibility index (Phi) is 5.78. The largest absolute Gasteiger partial charge is 0.316 e. The van der Waals surface area contributed by atoms with Gasteiger partial charge in [0.05, 0.1) is 11.5 Å². The molecule has 0 radical (unpaired) electrons. The zero-order valence-electron chi connectivity index (χ0n) is 16.5. The lowest BCUT2D eigenvalue weighted by Crippen LogP contribution is -2.22. The molecule has 1 N–H and O–H groups in total. The molecule has 0 bridgehead atoms. The highest BCUT2D eigenvalue weighted by molar-refractivity contribution is 7.16. The monoisotopic (exact) mass is 400 g/mol. The van der Waals surface area contributed by atoms with E-state index in [1.54, 1.807) is 11.3 Å². The van der Waals surface area contributed by atoms with Crippen LogP contribution in [0.3, 0.4) is 0 Å². The summed E-state index contributed by atoms with van der Waals surface area (Å²) in [7, 11) is 0. The third-order valence-corrected chi connectivity index (χ3v) is 6.99. The molecule has 1 heterocycles. The van der Waals surface area contributed by atoms with E-state index in [1.165, 1.54) is 4.88 Å². The normalized spacial score (nSPS) is 15.6. The lowest BCUT2D eigenvalue weighted by atomic mass is 9.86. The molecule has 4 rings (SSSR count). The Hall–Kier alpha value is -2.90. The molecular formula is C25H24N2OS. The van der Waals surface area contributed by atoms with Crippen LogP contribution in [0, 0.1) is 17.2 Å². The van der Waals surface area contributed by atoms with Crippen LogP contribution in [0.1, 0.15) is 52.8 Å². The van der Waals surface area contributed by atoms with Gasteiger partial charge in [-0.3, -0.25) is 4.79 Å². The number of nitriles is 1. The van der Waals surface area contributed by atoms with Crippen molar-refractivity contribution in [2.45, 2.75) is 38.5 Å². The van der Waals surface area contributed by atoms with Gasteiger partial charge >= 0.3 is 0 Å². The van der Waals surface area contributed by atoms with Crippen LogP contribution in [0.15, 0.2) is 60.7 Å². The smallest absolute Gasteiger partial charge is 0.237 e. The van der Waals surface area contributed by atoms with E-state index in [4.69, 9.17) is 0 Å². The number of hydrogen-bond acceptors (Lipinski definition) is 3. The van der Waals surface area contributed by atoms with Crippen molar-refractivity contribution in [3.8, 4) is 6.07 Å². The van der Waals surface area contributed by atoms with Crippen molar-refractivity contribution in [2.75, 3.05) is 5.32 Å². The van der Waals surface area contributed by atoms with E-state index in [1.807, 2.05) is 60.7 Å². The number of anilines is 1. The lowest BCUT2D eigenvalue weighted by Gasteiger charge is -2.20. The zero-order chi connectivity index (χ0) is 20.2. The zero-order valence-corrected chi connectivity index (χ0v) is 17.3. The summed E-state index contributed by atoms with van der Waals surface area (Å²) in [5.41, 5.74) is 3.70. The molecule has 3 nitrogen and oxygen atoms in total. The number of thiophene rings is 1. The minimum Gasteiger partial charge on any atom is -0.316 e. The third-order valence-electron chi connectivity index (χ3n) is 5.82. The molecule has 0 fully saturated rings. The molecule has 1 aromatic heterocycles. The second-order valence-electron chi connectivity index (χ2n) is 7.58. The first kappa shape index (κ1) is 19.4. The highest BCUT2D eigenvalue weighted by atomic mass is 32.1. The Morgan fingerprint density at radius 1 is 1.14 bits per heavy atom. The summed E-state index contributed by atoms with van der Waals surface area (Å²) in [6, 6.07) is 22.0. The van der Waals surface area contributed by atoms with Gasteiger partial charge in [-0.1, -0.05) is 74.0 Å². The van der Waals surface area contributed by atoms with E-state index in [-0.39, 0.29) is 5.91 Å². The first-order valence-corrected chi connectivity index (χ1v) is 11.0. The average Bonchev–Trinajstić information content (AvgIpc) is 3.11. The molecule has 0 saturated heterocycles. The van der Waals surface area contributed by atoms with Gasteiger partial charge < -0.3 is 5.32 Å². The van der Waals surface area contributed by atoms with Gasteiger partial charge in [0.15, 0.2) is 0 Å². The summed E-state index contributed by atoms with van der Waals surface area (Å²) >= 11 is 1.59. The number of carbonyl (C=O) groups is 1. The molecule has 1 amide bonds. The van der Waals surface area contributed by atoms with Gasteiger partial charge in [0, 0.05) is 4.88 Å². The summed E-state index contributed by atoms with van der Waals surface area (Å²) < 4.78 is 0. The van der Waals surface area contributed by atoms with Crippen molar-refractivity contribution >= 4 is 22.2 Å². The topological polar surface area (TPSA) is 52.9 Å². The van der Waals surface area contributed by atoms with Crippen molar-refractivity contribution in [3.63, 3.8) is 0 Å². The van der Waals surface area contributed by atoms with Gasteiger partial charge in [-0.2, -0.15) is 5.26 Å². The van der Waals surface area contributed by atoms with Gasteiger partial charge in [-0.15, -0.1) is 11.3 Å². The quantitative estimate of drug-likeness (QED) is 0.579. The maximum atomic E-state index is 13.4. The summed E-state index contributed by atoms with van der Waals surface area (Å²) in [6.07, 6.45) is 4.23. The molecule has 0 unspecified atom stereocenters. The van der Waals surface area contributed by atoms with Crippen LogP contribution in [0.5, 0.6) is 0 Å². The summed E-state index contributed by atoms with van der Waals surface area (Å²) in [6.45, 7) is 2.22. The maximum absolute atomic E-state index is 13.4. The van der Waals surface area contributed by atoms with Crippen LogP contribution in [0.25, 0.3) is 0 Å².